The van der Waals surface area contributed by atoms with Crippen molar-refractivity contribution in [1.82, 2.24) is 0 Å². The summed E-state index contributed by atoms with van der Waals surface area (Å²) in [6, 6.07) is 0. The van der Waals surface area contributed by atoms with E-state index in [1.165, 1.54) is 13.8 Å². The predicted molar refractivity (Wildman–Crippen MR) is 75.8 cm³/mol. The first kappa shape index (κ1) is 43.0. The third-order valence-corrected chi connectivity index (χ3v) is 0.730. The summed E-state index contributed by atoms with van der Waals surface area (Å²) in [6.07, 6.45) is 0. The Balaban J connectivity index is -0.0000000249. The second-order valence-electron chi connectivity index (χ2n) is 2.29. The molecule has 0 radical (unpaired) electrons. The molecule has 0 unspecified atom stereocenters. The Morgan fingerprint density at radius 2 is 0.857 bits per heavy atom. The van der Waals surface area contributed by atoms with E-state index in [0.717, 1.165) is 0 Å². The molecule has 0 spiro atoms. The van der Waals surface area contributed by atoms with Crippen LogP contribution in [0.25, 0.3) is 0 Å². The fourth-order valence-electron chi connectivity index (χ4n) is 0. The van der Waals surface area contributed by atoms with Gasteiger partial charge in [-0.05, 0) is 13.8 Å². The Morgan fingerprint density at radius 3 is 0.857 bits per heavy atom. The Bertz CT molecular complexity index is 217. The maximum absolute atomic E-state index is 9.60. The third kappa shape index (κ3) is 96.9. The third-order valence-electron chi connectivity index (χ3n) is 0.730. The number of aliphatic carboxylic acids is 2. The maximum Gasteiger partial charge on any atom is -0.870 e. The quantitative estimate of drug-likeness (QED) is 0.589. The van der Waals surface area contributed by atoms with Gasteiger partial charge in [0, 0.05) is 11.1 Å². The van der Waals surface area contributed by atoms with Gasteiger partial charge in [-0.15, -0.1) is 0 Å². The largest absolute Gasteiger partial charge is 0.870 e. The molecule has 0 heterocycles. The first-order valence-corrected chi connectivity index (χ1v) is 10.7. The van der Waals surface area contributed by atoms with Crippen LogP contribution in [-0.4, -0.2) is 38.6 Å². The molecule has 21 heavy (non-hydrogen) atoms. The molecule has 13 heteroatoms. The van der Waals surface area contributed by atoms with E-state index in [2.05, 4.69) is 13.2 Å². The number of carboxylic acids is 2. The SMILES string of the molecule is C=C(C)C(=O)O.C=C(C)C(=O)O.O.[Cl][Cr+][Cl].[Cl][Cr+][Cl].[OH-].[OH-]. The van der Waals surface area contributed by atoms with Crippen LogP contribution in [0.4, 0.5) is 0 Å². The van der Waals surface area contributed by atoms with Crippen LogP contribution in [0.1, 0.15) is 13.8 Å². The smallest absolute Gasteiger partial charge is 0.870 e. The van der Waals surface area contributed by atoms with Gasteiger partial charge in [0.15, 0.2) is 0 Å². The zero-order valence-corrected chi connectivity index (χ0v) is 16.4. The summed E-state index contributed by atoms with van der Waals surface area (Å²) in [5.41, 5.74) is 0.352. The molecule has 130 valence electrons. The van der Waals surface area contributed by atoms with Crippen LogP contribution in [0.5, 0.6) is 0 Å². The number of hydrogen-bond donors (Lipinski definition) is 2. The second-order valence-corrected chi connectivity index (χ2v) is 6.50. The van der Waals surface area contributed by atoms with Crippen LogP contribution in [-0.2, 0) is 36.3 Å². The summed E-state index contributed by atoms with van der Waals surface area (Å²) in [5.74, 6) is -1.87. The van der Waals surface area contributed by atoms with Crippen molar-refractivity contribution in [3.8, 4) is 0 Å². The molecule has 0 amide bonds. The molecule has 6 N–H and O–H groups in total. The van der Waals surface area contributed by atoms with Crippen LogP contribution in [0, 0.1) is 0 Å². The minimum Gasteiger partial charge on any atom is -0.870 e. The summed E-state index contributed by atoms with van der Waals surface area (Å²) in [5, 5.41) is 15.8. The first-order chi connectivity index (χ1) is 8.11. The Hall–Kier alpha value is 0.525. The molecular formula is C8H16Cl4Cr2O7. The zero-order chi connectivity index (χ0) is 15.7. The average molecular weight is 470 g/mol. The van der Waals surface area contributed by atoms with Gasteiger partial charge in [0.2, 0.25) is 0 Å². The predicted octanol–water partition coefficient (Wildman–Crippen LogP) is 2.87. The summed E-state index contributed by atoms with van der Waals surface area (Å²) in [6.45, 7) is 9.20. The second kappa shape index (κ2) is 37.1. The molecule has 0 saturated heterocycles. The van der Waals surface area contributed by atoms with E-state index < -0.39 is 11.9 Å². The van der Waals surface area contributed by atoms with E-state index in [1.54, 1.807) is 0 Å². The van der Waals surface area contributed by atoms with E-state index in [1.807, 2.05) is 0 Å². The van der Waals surface area contributed by atoms with Gasteiger partial charge in [0.1, 0.15) is 0 Å². The molecule has 0 aliphatic heterocycles. The van der Waals surface area contributed by atoms with Crippen molar-refractivity contribution in [2.45, 2.75) is 13.8 Å². The number of rotatable bonds is 2. The van der Waals surface area contributed by atoms with Gasteiger partial charge in [-0.1, -0.05) is 13.2 Å². The van der Waals surface area contributed by atoms with Crippen molar-refractivity contribution in [2.24, 2.45) is 0 Å². The molecule has 0 saturated carbocycles. The van der Waals surface area contributed by atoms with Gasteiger partial charge < -0.3 is 26.6 Å². The molecule has 0 aromatic rings. The molecule has 0 fully saturated rings. The van der Waals surface area contributed by atoms with Crippen molar-refractivity contribution in [3.05, 3.63) is 24.3 Å². The van der Waals surface area contributed by atoms with Crippen LogP contribution >= 0.6 is 40.2 Å². The minimum atomic E-state index is -0.935. The Morgan fingerprint density at radius 1 is 0.810 bits per heavy atom. The Labute approximate surface area is 152 Å². The van der Waals surface area contributed by atoms with E-state index in [9.17, 15) is 9.59 Å². The minimum absolute atomic E-state index is 0. The van der Waals surface area contributed by atoms with Crippen LogP contribution in [0.3, 0.4) is 0 Å². The van der Waals surface area contributed by atoms with Gasteiger partial charge in [0.25, 0.3) is 0 Å². The van der Waals surface area contributed by atoms with Crippen molar-refractivity contribution in [3.63, 3.8) is 0 Å². The molecule has 0 aliphatic rings. The first-order valence-electron chi connectivity index (χ1n) is 3.68. The number of carboxylic acid groups (broad SMARTS) is 2. The van der Waals surface area contributed by atoms with Crippen molar-refractivity contribution in [1.29, 1.82) is 0 Å². The van der Waals surface area contributed by atoms with Gasteiger partial charge in [-0.25, -0.2) is 9.59 Å². The van der Waals surface area contributed by atoms with Gasteiger partial charge in [0.05, 0.1) is 0 Å². The van der Waals surface area contributed by atoms with E-state index in [-0.39, 0.29) is 54.3 Å². The van der Waals surface area contributed by atoms with Crippen molar-refractivity contribution in [2.75, 3.05) is 0 Å². The molecule has 0 aliphatic carbocycles. The van der Waals surface area contributed by atoms with Crippen LogP contribution < -0.4 is 0 Å². The van der Waals surface area contributed by atoms with Gasteiger partial charge in [-0.3, -0.25) is 0 Å². The monoisotopic (exact) mass is 468 g/mol. The summed E-state index contributed by atoms with van der Waals surface area (Å²) in [7, 11) is 19.3. The molecule has 0 aromatic heterocycles. The van der Waals surface area contributed by atoms with Gasteiger partial charge in [-0.2, -0.15) is 0 Å². The molecule has 0 rings (SSSR count). The molecule has 0 aromatic carbocycles. The average Bonchev–Trinajstić information content (AvgIpc) is 2.20. The summed E-state index contributed by atoms with van der Waals surface area (Å²) in [4.78, 5) is 19.2. The number of halogens is 4. The van der Waals surface area contributed by atoms with E-state index in [0.29, 0.717) is 0 Å². The molecule has 0 bridgehead atoms. The zero-order valence-electron chi connectivity index (χ0n) is 10.8. The van der Waals surface area contributed by atoms with Crippen LogP contribution in [0.15, 0.2) is 24.3 Å². The molecule has 0 atom stereocenters. The van der Waals surface area contributed by atoms with Crippen LogP contribution in [0.2, 0.25) is 0 Å². The summed E-state index contributed by atoms with van der Waals surface area (Å²) < 4.78 is 0. The summed E-state index contributed by atoms with van der Waals surface area (Å²) >= 11 is -0.361. The topological polar surface area (TPSA) is 166 Å². The molecule has 7 nitrogen and oxygen atoms in total. The number of carbonyl (C=O) groups is 2. The van der Waals surface area contributed by atoms with Crippen molar-refractivity contribution >= 4 is 52.1 Å². The fourth-order valence-corrected chi connectivity index (χ4v) is 0. The van der Waals surface area contributed by atoms with Crippen molar-refractivity contribution < 1.29 is 63.0 Å². The number of hydrogen-bond acceptors (Lipinski definition) is 4. The molecular weight excluding hydrogens is 454 g/mol. The van der Waals surface area contributed by atoms with E-state index >= 15 is 0 Å². The standard InChI is InChI=1S/2C4H6O2.4ClH.2Cr.3H2O/c2*1-3(2)4(5)6;;;;;;;;;/h2*1H2,2H3,(H,5,6);4*1H;;;3*1H2/q;;;;;;2*+3;;;/p-6. The maximum atomic E-state index is 9.60. The van der Waals surface area contributed by atoms with Gasteiger partial charge >= 0.3 is 78.9 Å². The normalized spacial score (nSPS) is 5.62. The van der Waals surface area contributed by atoms with E-state index in [4.69, 9.17) is 50.4 Å². The fraction of sp³-hybridized carbons (Fsp3) is 0.250. The Kier molecular flexibility index (Phi) is 75.9.